The van der Waals surface area contributed by atoms with Crippen LogP contribution in [0.4, 0.5) is 4.79 Å². The van der Waals surface area contributed by atoms with Crippen molar-refractivity contribution in [2.24, 2.45) is 0 Å². The maximum Gasteiger partial charge on any atom is 0.423 e. The Bertz CT molecular complexity index is 298. The first-order valence-corrected chi connectivity index (χ1v) is 5.88. The van der Waals surface area contributed by atoms with Crippen LogP contribution in [0.5, 0.6) is 0 Å². The molecule has 0 N–H and O–H groups in total. The Morgan fingerprint density at radius 3 is 2.27 bits per heavy atom. The molecule has 0 aromatic heterocycles. The minimum Gasteiger partial charge on any atom is -0.755 e. The van der Waals surface area contributed by atoms with Gasteiger partial charge in [-0.3, -0.25) is 4.21 Å². The standard InChI is InChI=1S/C8H14ClNO4S/c1-7(2,3)14-6(11)10(15(12)13)8(9)4-5-8/h4-5H2,1-3H3,(H,12,13)/p-1. The van der Waals surface area contributed by atoms with Gasteiger partial charge in [0.2, 0.25) is 0 Å². The molecule has 1 aliphatic carbocycles. The van der Waals surface area contributed by atoms with Crippen LogP contribution < -0.4 is 0 Å². The average molecular weight is 255 g/mol. The highest BCUT2D eigenvalue weighted by Crippen LogP contribution is 2.46. The fraction of sp³-hybridized carbons (Fsp3) is 0.875. The molecule has 0 aliphatic heterocycles. The van der Waals surface area contributed by atoms with Gasteiger partial charge in [0.15, 0.2) is 0 Å². The lowest BCUT2D eigenvalue weighted by Gasteiger charge is -2.31. The zero-order valence-electron chi connectivity index (χ0n) is 8.78. The number of carbonyl (C=O) groups is 1. The third-order valence-corrected chi connectivity index (χ3v) is 3.18. The van der Waals surface area contributed by atoms with Crippen LogP contribution in [0.15, 0.2) is 0 Å². The molecule has 1 fully saturated rings. The number of hydrogen-bond donors (Lipinski definition) is 0. The smallest absolute Gasteiger partial charge is 0.423 e. The van der Waals surface area contributed by atoms with E-state index in [0.29, 0.717) is 17.1 Å². The Morgan fingerprint density at radius 2 is 2.00 bits per heavy atom. The Balaban J connectivity index is 2.74. The maximum absolute atomic E-state index is 11.5. The lowest BCUT2D eigenvalue weighted by atomic mass is 10.2. The van der Waals surface area contributed by atoms with Crippen LogP contribution in [0.2, 0.25) is 0 Å². The van der Waals surface area contributed by atoms with Gasteiger partial charge in [-0.15, -0.1) is 0 Å². The normalized spacial score (nSPS) is 20.6. The van der Waals surface area contributed by atoms with Crippen LogP contribution in [0.3, 0.4) is 0 Å². The van der Waals surface area contributed by atoms with Crippen molar-refractivity contribution in [3.8, 4) is 0 Å². The second-order valence-corrected chi connectivity index (χ2v) is 5.91. The zero-order valence-corrected chi connectivity index (χ0v) is 10.4. The molecule has 88 valence electrons. The Morgan fingerprint density at radius 1 is 1.53 bits per heavy atom. The van der Waals surface area contributed by atoms with Crippen molar-refractivity contribution in [2.45, 2.75) is 44.2 Å². The molecule has 0 heterocycles. The van der Waals surface area contributed by atoms with Gasteiger partial charge in [0, 0.05) is 0 Å². The molecule has 1 saturated carbocycles. The first kappa shape index (κ1) is 12.7. The van der Waals surface area contributed by atoms with Gasteiger partial charge in [-0.2, -0.15) is 0 Å². The van der Waals surface area contributed by atoms with Crippen LogP contribution in [-0.2, 0) is 16.0 Å². The molecule has 5 nitrogen and oxygen atoms in total. The third-order valence-electron chi connectivity index (χ3n) is 1.73. The summed E-state index contributed by atoms with van der Waals surface area (Å²) in [5.41, 5.74) is -0.739. The molecule has 0 aromatic carbocycles. The average Bonchev–Trinajstić information content (AvgIpc) is 2.62. The fourth-order valence-corrected chi connectivity index (χ4v) is 1.91. The van der Waals surface area contributed by atoms with E-state index in [1.807, 2.05) is 0 Å². The zero-order chi connectivity index (χ0) is 11.9. The van der Waals surface area contributed by atoms with E-state index in [9.17, 15) is 13.6 Å². The van der Waals surface area contributed by atoms with Crippen molar-refractivity contribution in [2.75, 3.05) is 0 Å². The van der Waals surface area contributed by atoms with Crippen molar-refractivity contribution in [1.29, 1.82) is 0 Å². The molecule has 0 aromatic rings. The minimum absolute atomic E-state index is 0.460. The van der Waals surface area contributed by atoms with Gasteiger partial charge < -0.3 is 9.29 Å². The lowest BCUT2D eigenvalue weighted by Crippen LogP contribution is -2.43. The number of ether oxygens (including phenoxy) is 1. The Labute approximate surface area is 96.1 Å². The summed E-state index contributed by atoms with van der Waals surface area (Å²) in [6.07, 6.45) is -0.00727. The number of rotatable bonds is 2. The van der Waals surface area contributed by atoms with Crippen LogP contribution in [0.1, 0.15) is 33.6 Å². The first-order chi connectivity index (χ1) is 6.66. The van der Waals surface area contributed by atoms with Gasteiger partial charge in [-0.1, -0.05) is 11.6 Å². The highest BCUT2D eigenvalue weighted by molar-refractivity contribution is 7.77. The molecule has 0 bridgehead atoms. The summed E-state index contributed by atoms with van der Waals surface area (Å²) >= 11 is 3.16. The van der Waals surface area contributed by atoms with E-state index >= 15 is 0 Å². The van der Waals surface area contributed by atoms with Crippen molar-refractivity contribution in [3.05, 3.63) is 0 Å². The summed E-state index contributed by atoms with van der Waals surface area (Å²) in [4.78, 5) is 10.4. The van der Waals surface area contributed by atoms with E-state index in [-0.39, 0.29) is 0 Å². The summed E-state index contributed by atoms with van der Waals surface area (Å²) in [5, 5.41) is 0. The van der Waals surface area contributed by atoms with Crippen molar-refractivity contribution in [1.82, 2.24) is 4.31 Å². The van der Waals surface area contributed by atoms with Gasteiger partial charge in [0.1, 0.15) is 10.6 Å². The largest absolute Gasteiger partial charge is 0.755 e. The second-order valence-electron chi connectivity index (χ2n) is 4.41. The molecule has 1 amide bonds. The number of hydrogen-bond acceptors (Lipinski definition) is 4. The van der Waals surface area contributed by atoms with E-state index in [1.54, 1.807) is 20.8 Å². The second kappa shape index (κ2) is 3.92. The number of nitrogens with zero attached hydrogens (tertiary/aromatic N) is 1. The van der Waals surface area contributed by atoms with Crippen LogP contribution in [-0.4, -0.2) is 29.8 Å². The van der Waals surface area contributed by atoms with E-state index in [1.165, 1.54) is 0 Å². The summed E-state index contributed by atoms with van der Waals surface area (Å²) in [6.45, 7) is 4.97. The summed E-state index contributed by atoms with van der Waals surface area (Å²) in [5.74, 6) is 0. The number of halogens is 1. The van der Waals surface area contributed by atoms with Crippen LogP contribution in [0.25, 0.3) is 0 Å². The van der Waals surface area contributed by atoms with Crippen molar-refractivity contribution >= 4 is 29.0 Å². The van der Waals surface area contributed by atoms with Gasteiger partial charge >= 0.3 is 6.09 Å². The number of carbonyl (C=O) groups excluding carboxylic acids is 1. The molecule has 7 heteroatoms. The highest BCUT2D eigenvalue weighted by Gasteiger charge is 2.51. The summed E-state index contributed by atoms with van der Waals surface area (Å²) < 4.78 is 27.2. The molecule has 1 unspecified atom stereocenters. The molecular formula is C8H13ClNO4S-. The predicted octanol–water partition coefficient (Wildman–Crippen LogP) is 1.75. The molecule has 0 spiro atoms. The Kier molecular flexibility index (Phi) is 3.33. The van der Waals surface area contributed by atoms with E-state index < -0.39 is 28.0 Å². The molecule has 1 rings (SSSR count). The van der Waals surface area contributed by atoms with Crippen molar-refractivity contribution < 1.29 is 18.3 Å². The van der Waals surface area contributed by atoms with Gasteiger partial charge in [-0.05, 0) is 33.6 Å². The topological polar surface area (TPSA) is 69.7 Å². The molecule has 1 aliphatic rings. The fourth-order valence-electron chi connectivity index (χ4n) is 0.968. The minimum atomic E-state index is -2.70. The van der Waals surface area contributed by atoms with E-state index in [2.05, 4.69) is 0 Å². The van der Waals surface area contributed by atoms with Gasteiger partial charge in [0.05, 0.1) is 11.3 Å². The first-order valence-electron chi connectivity index (χ1n) is 4.47. The predicted molar refractivity (Wildman–Crippen MR) is 54.8 cm³/mol. The maximum atomic E-state index is 11.5. The van der Waals surface area contributed by atoms with Gasteiger partial charge in [-0.25, -0.2) is 9.10 Å². The van der Waals surface area contributed by atoms with Crippen LogP contribution >= 0.6 is 11.6 Å². The molecule has 0 saturated heterocycles. The quantitative estimate of drug-likeness (QED) is 0.428. The van der Waals surface area contributed by atoms with Crippen LogP contribution in [0, 0.1) is 0 Å². The third kappa shape index (κ3) is 3.32. The molecule has 1 atom stereocenters. The molecule has 0 radical (unpaired) electrons. The van der Waals surface area contributed by atoms with Gasteiger partial charge in [0.25, 0.3) is 0 Å². The summed E-state index contributed by atoms with van der Waals surface area (Å²) in [6, 6.07) is 0. The van der Waals surface area contributed by atoms with Crippen molar-refractivity contribution in [3.63, 3.8) is 0 Å². The number of amides is 1. The lowest BCUT2D eigenvalue weighted by molar-refractivity contribution is 0.0361. The Hall–Kier alpha value is -0.330. The number of alkyl halides is 1. The van der Waals surface area contributed by atoms with E-state index in [0.717, 1.165) is 0 Å². The molecule has 15 heavy (non-hydrogen) atoms. The monoisotopic (exact) mass is 254 g/mol. The van der Waals surface area contributed by atoms with E-state index in [4.69, 9.17) is 16.3 Å². The SMILES string of the molecule is CC(C)(C)OC(=O)N(S(=O)[O-])C1(Cl)CC1. The summed E-state index contributed by atoms with van der Waals surface area (Å²) in [7, 11) is 0. The molecular weight excluding hydrogens is 242 g/mol. The highest BCUT2D eigenvalue weighted by atomic mass is 35.5.